The van der Waals surface area contributed by atoms with Gasteiger partial charge in [-0.15, -0.1) is 0 Å². The topological polar surface area (TPSA) is 71.1 Å². The number of Topliss-reactive ketones (excluding diaryl/α,β-unsaturated/α-hetero) is 1. The molecule has 0 unspecified atom stereocenters. The number of rotatable bonds is 5. The Balaban J connectivity index is 1.75. The molecule has 1 heterocycles. The number of carbonyl (C=O) groups is 2. The van der Waals surface area contributed by atoms with Crippen molar-refractivity contribution < 1.29 is 9.59 Å². The average Bonchev–Trinajstić information content (AvgIpc) is 2.66. The van der Waals surface area contributed by atoms with E-state index in [9.17, 15) is 9.59 Å². The maximum Gasteiger partial charge on any atom is 0.274 e. The first-order chi connectivity index (χ1) is 12.9. The number of anilines is 3. The molecule has 5 nitrogen and oxygen atoms in total. The number of ketones is 1. The van der Waals surface area contributed by atoms with Gasteiger partial charge in [-0.3, -0.25) is 14.6 Å². The molecule has 6 heteroatoms. The lowest BCUT2D eigenvalue weighted by Crippen LogP contribution is -2.14. The zero-order valence-corrected chi connectivity index (χ0v) is 15.7. The Morgan fingerprint density at radius 3 is 2.44 bits per heavy atom. The fourth-order valence-electron chi connectivity index (χ4n) is 2.51. The number of halogens is 1. The van der Waals surface area contributed by atoms with Crippen LogP contribution in [-0.4, -0.2) is 16.7 Å². The van der Waals surface area contributed by atoms with Crippen molar-refractivity contribution in [2.24, 2.45) is 0 Å². The van der Waals surface area contributed by atoms with Crippen LogP contribution >= 0.6 is 11.6 Å². The van der Waals surface area contributed by atoms with Crippen molar-refractivity contribution >= 4 is 40.4 Å². The summed E-state index contributed by atoms with van der Waals surface area (Å²) in [5.74, 6) is -0.360. The second-order valence-electron chi connectivity index (χ2n) is 6.05. The van der Waals surface area contributed by atoms with E-state index in [-0.39, 0.29) is 17.4 Å². The lowest BCUT2D eigenvalue weighted by Gasteiger charge is -2.11. The smallest absolute Gasteiger partial charge is 0.274 e. The number of benzene rings is 2. The van der Waals surface area contributed by atoms with Crippen LogP contribution in [0.5, 0.6) is 0 Å². The lowest BCUT2D eigenvalue weighted by molar-refractivity contribution is 0.101. The molecule has 27 heavy (non-hydrogen) atoms. The summed E-state index contributed by atoms with van der Waals surface area (Å²) in [6.45, 7) is 3.42. The molecule has 2 aromatic carbocycles. The Morgan fingerprint density at radius 2 is 1.74 bits per heavy atom. The van der Waals surface area contributed by atoms with Gasteiger partial charge in [-0.25, -0.2) is 0 Å². The molecular weight excluding hydrogens is 362 g/mol. The number of nitrogens with zero attached hydrogens (tertiary/aromatic N) is 1. The highest BCUT2D eigenvalue weighted by molar-refractivity contribution is 6.31. The minimum Gasteiger partial charge on any atom is -0.355 e. The van der Waals surface area contributed by atoms with Gasteiger partial charge in [0.1, 0.15) is 5.69 Å². The average molecular weight is 380 g/mol. The van der Waals surface area contributed by atoms with Crippen LogP contribution in [0.15, 0.2) is 60.8 Å². The minimum atomic E-state index is -0.336. The van der Waals surface area contributed by atoms with Crippen molar-refractivity contribution in [3.8, 4) is 0 Å². The number of amides is 1. The highest BCUT2D eigenvalue weighted by Crippen LogP contribution is 2.26. The van der Waals surface area contributed by atoms with Gasteiger partial charge in [-0.1, -0.05) is 17.7 Å². The van der Waals surface area contributed by atoms with Crippen molar-refractivity contribution in [3.05, 3.63) is 82.6 Å². The summed E-state index contributed by atoms with van der Waals surface area (Å²) in [6, 6.07) is 15.8. The highest BCUT2D eigenvalue weighted by atomic mass is 35.5. The molecule has 0 fully saturated rings. The highest BCUT2D eigenvalue weighted by Gasteiger charge is 2.10. The van der Waals surface area contributed by atoms with Gasteiger partial charge in [0.05, 0.1) is 0 Å². The van der Waals surface area contributed by atoms with Crippen LogP contribution in [0.2, 0.25) is 5.02 Å². The summed E-state index contributed by atoms with van der Waals surface area (Å²) >= 11 is 6.15. The molecule has 0 spiro atoms. The second-order valence-corrected chi connectivity index (χ2v) is 6.46. The van der Waals surface area contributed by atoms with Crippen molar-refractivity contribution in [1.82, 2.24) is 4.98 Å². The summed E-state index contributed by atoms with van der Waals surface area (Å²) in [6.07, 6.45) is 1.57. The molecule has 1 amide bonds. The first-order valence-electron chi connectivity index (χ1n) is 8.34. The van der Waals surface area contributed by atoms with Crippen LogP contribution < -0.4 is 10.6 Å². The molecule has 0 aliphatic rings. The Labute approximate surface area is 162 Å². The fraction of sp³-hybridized carbons (Fsp3) is 0.0952. The first kappa shape index (κ1) is 18.6. The van der Waals surface area contributed by atoms with Crippen LogP contribution in [0, 0.1) is 6.92 Å². The third-order valence-electron chi connectivity index (χ3n) is 4.09. The number of aromatic nitrogens is 1. The first-order valence-corrected chi connectivity index (χ1v) is 8.72. The number of carbonyl (C=O) groups excluding carboxylic acids is 2. The van der Waals surface area contributed by atoms with Crippen molar-refractivity contribution in [3.63, 3.8) is 0 Å². The quantitative estimate of drug-likeness (QED) is 0.594. The maximum absolute atomic E-state index is 12.5. The molecule has 2 N–H and O–H groups in total. The molecule has 0 aliphatic carbocycles. The van der Waals surface area contributed by atoms with Crippen LogP contribution in [0.1, 0.15) is 33.3 Å². The Morgan fingerprint density at radius 1 is 1.00 bits per heavy atom. The van der Waals surface area contributed by atoms with Gasteiger partial charge in [-0.2, -0.15) is 0 Å². The molecule has 0 aliphatic heterocycles. The van der Waals surface area contributed by atoms with E-state index in [2.05, 4.69) is 15.6 Å². The van der Waals surface area contributed by atoms with Gasteiger partial charge in [-0.05, 0) is 67.9 Å². The Hall–Kier alpha value is -3.18. The van der Waals surface area contributed by atoms with E-state index in [1.165, 1.54) is 6.92 Å². The summed E-state index contributed by atoms with van der Waals surface area (Å²) in [5, 5.41) is 6.69. The Kier molecular flexibility index (Phi) is 5.52. The molecule has 3 aromatic rings. The number of nitrogens with one attached hydrogen (secondary N) is 2. The predicted octanol–water partition coefficient (Wildman–Crippen LogP) is 5.24. The molecule has 0 radical (unpaired) electrons. The second kappa shape index (κ2) is 8.01. The molecular formula is C21H18ClN3O2. The molecule has 0 bridgehead atoms. The van der Waals surface area contributed by atoms with Crippen LogP contribution in [0.4, 0.5) is 17.1 Å². The van der Waals surface area contributed by atoms with Gasteiger partial charge in [0.15, 0.2) is 5.78 Å². The largest absolute Gasteiger partial charge is 0.355 e. The predicted molar refractivity (Wildman–Crippen MR) is 108 cm³/mol. The van der Waals surface area contributed by atoms with E-state index in [0.29, 0.717) is 16.3 Å². The SMILES string of the molecule is CC(=O)c1ccc(NC(=O)c2cc(Nc3cccc(Cl)c3C)ccn2)cc1. The zero-order valence-electron chi connectivity index (χ0n) is 14.9. The van der Waals surface area contributed by atoms with Crippen molar-refractivity contribution in [2.45, 2.75) is 13.8 Å². The van der Waals surface area contributed by atoms with Gasteiger partial charge in [0.25, 0.3) is 5.91 Å². The monoisotopic (exact) mass is 379 g/mol. The summed E-state index contributed by atoms with van der Waals surface area (Å²) in [5.41, 5.74) is 3.97. The molecule has 3 rings (SSSR count). The fourth-order valence-corrected chi connectivity index (χ4v) is 2.69. The van der Waals surface area contributed by atoms with Gasteiger partial charge >= 0.3 is 0 Å². The number of hydrogen-bond acceptors (Lipinski definition) is 4. The van der Waals surface area contributed by atoms with E-state index in [0.717, 1.165) is 16.9 Å². The zero-order chi connectivity index (χ0) is 19.4. The van der Waals surface area contributed by atoms with E-state index in [1.807, 2.05) is 25.1 Å². The van der Waals surface area contributed by atoms with E-state index < -0.39 is 0 Å². The van der Waals surface area contributed by atoms with Gasteiger partial charge in [0, 0.05) is 33.8 Å². The third kappa shape index (κ3) is 4.51. The van der Waals surface area contributed by atoms with Gasteiger partial charge in [0.2, 0.25) is 0 Å². The van der Waals surface area contributed by atoms with Crippen LogP contribution in [0.3, 0.4) is 0 Å². The van der Waals surface area contributed by atoms with Gasteiger partial charge < -0.3 is 10.6 Å². The normalized spacial score (nSPS) is 10.3. The van der Waals surface area contributed by atoms with Crippen LogP contribution in [0.25, 0.3) is 0 Å². The standard InChI is InChI=1S/C21H18ClN3O2/c1-13-18(22)4-3-5-19(13)24-17-10-11-23-20(12-17)21(27)25-16-8-6-15(7-9-16)14(2)26/h3-12H,1-2H3,(H,23,24)(H,25,27). The molecule has 0 saturated heterocycles. The van der Waals surface area contributed by atoms with E-state index >= 15 is 0 Å². The molecule has 1 aromatic heterocycles. The van der Waals surface area contributed by atoms with E-state index in [1.54, 1.807) is 42.6 Å². The summed E-state index contributed by atoms with van der Waals surface area (Å²) < 4.78 is 0. The van der Waals surface area contributed by atoms with E-state index in [4.69, 9.17) is 11.6 Å². The summed E-state index contributed by atoms with van der Waals surface area (Å²) in [4.78, 5) is 27.9. The van der Waals surface area contributed by atoms with Crippen molar-refractivity contribution in [1.29, 1.82) is 0 Å². The lowest BCUT2D eigenvalue weighted by atomic mass is 10.1. The summed E-state index contributed by atoms with van der Waals surface area (Å²) in [7, 11) is 0. The number of pyridine rings is 1. The number of hydrogen-bond donors (Lipinski definition) is 2. The molecule has 0 atom stereocenters. The minimum absolute atomic E-state index is 0.0235. The third-order valence-corrected chi connectivity index (χ3v) is 4.50. The maximum atomic E-state index is 12.5. The molecule has 0 saturated carbocycles. The molecule has 136 valence electrons. The van der Waals surface area contributed by atoms with Crippen molar-refractivity contribution in [2.75, 3.05) is 10.6 Å². The van der Waals surface area contributed by atoms with Crippen LogP contribution in [-0.2, 0) is 0 Å². The Bertz CT molecular complexity index is 1000.